The lowest BCUT2D eigenvalue weighted by atomic mass is 10.2. The van der Waals surface area contributed by atoms with E-state index in [0.717, 1.165) is 5.69 Å². The smallest absolute Gasteiger partial charge is 0.340 e. The predicted molar refractivity (Wildman–Crippen MR) is 126 cm³/mol. The van der Waals surface area contributed by atoms with Crippen molar-refractivity contribution in [1.82, 2.24) is 9.47 Å². The lowest BCUT2D eigenvalue weighted by molar-refractivity contribution is -0.141. The average molecular weight is 497 g/mol. The van der Waals surface area contributed by atoms with Crippen molar-refractivity contribution in [1.29, 1.82) is 0 Å². The molecule has 1 fully saturated rings. The molecule has 0 unspecified atom stereocenters. The highest BCUT2D eigenvalue weighted by Crippen LogP contribution is 2.31. The Kier molecular flexibility index (Phi) is 7.43. The molecular formula is C23H29ClN2O6S. The van der Waals surface area contributed by atoms with Crippen LogP contribution in [0.2, 0.25) is 5.02 Å². The first-order chi connectivity index (χ1) is 15.5. The van der Waals surface area contributed by atoms with Gasteiger partial charge in [-0.1, -0.05) is 11.6 Å². The van der Waals surface area contributed by atoms with Gasteiger partial charge in [-0.3, -0.25) is 4.79 Å². The standard InChI is InChI=1S/C23H29ClN2O6S/c1-6-25(18-9-10-33(29,30)13-18)22(27)16(4)32-23(28)19-11-14(2)26(15(19)3)20-12-17(24)7-8-21(20)31-5/h7-8,11-12,16,18H,6,9-10,13H2,1-5H3/t16-,18+/m0/s1. The number of hydrogen-bond acceptors (Lipinski definition) is 6. The van der Waals surface area contributed by atoms with Crippen LogP contribution >= 0.6 is 11.6 Å². The number of esters is 1. The van der Waals surface area contributed by atoms with Crippen LogP contribution in [-0.4, -0.2) is 67.1 Å². The van der Waals surface area contributed by atoms with Gasteiger partial charge in [-0.15, -0.1) is 0 Å². The van der Waals surface area contributed by atoms with Crippen molar-refractivity contribution in [3.63, 3.8) is 0 Å². The van der Waals surface area contributed by atoms with Gasteiger partial charge in [0, 0.05) is 29.0 Å². The predicted octanol–water partition coefficient (Wildman–Crippen LogP) is 3.34. The van der Waals surface area contributed by atoms with Crippen LogP contribution in [0.1, 0.15) is 42.0 Å². The van der Waals surface area contributed by atoms with Crippen LogP contribution in [0, 0.1) is 13.8 Å². The van der Waals surface area contributed by atoms with Crippen molar-refractivity contribution >= 4 is 33.3 Å². The zero-order chi connectivity index (χ0) is 24.5. The number of ether oxygens (including phenoxy) is 2. The van der Waals surface area contributed by atoms with Crippen molar-refractivity contribution in [3.05, 3.63) is 46.2 Å². The number of carbonyl (C=O) groups is 2. The van der Waals surface area contributed by atoms with E-state index in [4.69, 9.17) is 21.1 Å². The topological polar surface area (TPSA) is 94.9 Å². The number of benzene rings is 1. The molecule has 1 aromatic carbocycles. The fourth-order valence-corrected chi connectivity index (χ4v) is 6.20. The van der Waals surface area contributed by atoms with Gasteiger partial charge in [-0.05, 0) is 58.4 Å². The Balaban J connectivity index is 1.82. The van der Waals surface area contributed by atoms with Crippen LogP contribution in [0.5, 0.6) is 5.75 Å². The van der Waals surface area contributed by atoms with Crippen molar-refractivity contribution < 1.29 is 27.5 Å². The molecule has 3 rings (SSSR count). The molecule has 0 radical (unpaired) electrons. The first kappa shape index (κ1) is 25.1. The molecule has 0 spiro atoms. The molecule has 0 N–H and O–H groups in total. The highest BCUT2D eigenvalue weighted by Gasteiger charge is 2.36. The van der Waals surface area contributed by atoms with Crippen LogP contribution in [0.4, 0.5) is 0 Å². The number of sulfone groups is 1. The fourth-order valence-electron chi connectivity index (χ4n) is 4.30. The number of methoxy groups -OCH3 is 1. The van der Waals surface area contributed by atoms with E-state index >= 15 is 0 Å². The normalized spacial score (nSPS) is 18.1. The van der Waals surface area contributed by atoms with Crippen molar-refractivity contribution in [2.24, 2.45) is 0 Å². The summed E-state index contributed by atoms with van der Waals surface area (Å²) < 4.78 is 36.5. The van der Waals surface area contributed by atoms with Crippen molar-refractivity contribution in [3.8, 4) is 11.4 Å². The summed E-state index contributed by atoms with van der Waals surface area (Å²) in [5.74, 6) is -0.441. The van der Waals surface area contributed by atoms with Crippen molar-refractivity contribution in [2.45, 2.75) is 46.3 Å². The van der Waals surface area contributed by atoms with E-state index in [-0.39, 0.29) is 11.5 Å². The van der Waals surface area contributed by atoms with E-state index in [1.54, 1.807) is 45.2 Å². The average Bonchev–Trinajstić information content (AvgIpc) is 3.26. The maximum absolute atomic E-state index is 13.0. The van der Waals surface area contributed by atoms with E-state index in [0.29, 0.717) is 40.7 Å². The van der Waals surface area contributed by atoms with Gasteiger partial charge in [-0.2, -0.15) is 0 Å². The Morgan fingerprint density at radius 1 is 1.27 bits per heavy atom. The molecule has 33 heavy (non-hydrogen) atoms. The largest absolute Gasteiger partial charge is 0.495 e. The number of hydrogen-bond donors (Lipinski definition) is 0. The summed E-state index contributed by atoms with van der Waals surface area (Å²) in [5, 5.41) is 0.523. The lowest BCUT2D eigenvalue weighted by Crippen LogP contribution is -2.46. The monoisotopic (exact) mass is 496 g/mol. The fraction of sp³-hybridized carbons (Fsp3) is 0.478. The van der Waals surface area contributed by atoms with E-state index < -0.39 is 33.9 Å². The number of carbonyl (C=O) groups excluding carboxylic acids is 2. The third kappa shape index (κ3) is 5.19. The number of amides is 1. The third-order valence-electron chi connectivity index (χ3n) is 5.94. The second kappa shape index (κ2) is 9.77. The Bertz CT molecular complexity index is 1170. The number of rotatable bonds is 7. The second-order valence-corrected chi connectivity index (χ2v) is 10.8. The lowest BCUT2D eigenvalue weighted by Gasteiger charge is -2.29. The minimum absolute atomic E-state index is 0.0597. The molecule has 2 aromatic rings. The van der Waals surface area contributed by atoms with Crippen LogP contribution < -0.4 is 4.74 Å². The number of aryl methyl sites for hydroxylation is 1. The van der Waals surface area contributed by atoms with Gasteiger partial charge in [-0.25, -0.2) is 13.2 Å². The molecule has 1 saturated heterocycles. The van der Waals surface area contributed by atoms with Crippen LogP contribution in [0.15, 0.2) is 24.3 Å². The number of halogens is 1. The molecule has 2 heterocycles. The minimum Gasteiger partial charge on any atom is -0.495 e. The Hall–Kier alpha value is -2.52. The van der Waals surface area contributed by atoms with Gasteiger partial charge in [0.1, 0.15) is 5.75 Å². The molecular weight excluding hydrogens is 468 g/mol. The highest BCUT2D eigenvalue weighted by molar-refractivity contribution is 7.91. The Labute approximate surface area is 199 Å². The summed E-state index contributed by atoms with van der Waals surface area (Å²) in [7, 11) is -1.59. The second-order valence-electron chi connectivity index (χ2n) is 8.17. The molecule has 0 bridgehead atoms. The van der Waals surface area contributed by atoms with Gasteiger partial charge in [0.15, 0.2) is 15.9 Å². The summed E-state index contributed by atoms with van der Waals surface area (Å²) in [5.41, 5.74) is 2.39. The van der Waals surface area contributed by atoms with Gasteiger partial charge < -0.3 is 18.9 Å². The summed E-state index contributed by atoms with van der Waals surface area (Å²) in [6, 6.07) is 6.51. The van der Waals surface area contributed by atoms with Gasteiger partial charge in [0.05, 0.1) is 29.9 Å². The summed E-state index contributed by atoms with van der Waals surface area (Å²) >= 11 is 6.18. The quantitative estimate of drug-likeness (QED) is 0.545. The number of nitrogens with zero attached hydrogens (tertiary/aromatic N) is 2. The van der Waals surface area contributed by atoms with Gasteiger partial charge >= 0.3 is 5.97 Å². The van der Waals surface area contributed by atoms with Crippen LogP contribution in [0.25, 0.3) is 5.69 Å². The first-order valence-corrected chi connectivity index (χ1v) is 12.9. The molecule has 1 amide bonds. The molecule has 1 aliphatic heterocycles. The maximum atomic E-state index is 13.0. The number of likely N-dealkylation sites (N-methyl/N-ethyl adjacent to an activating group) is 1. The molecule has 1 aliphatic rings. The van der Waals surface area contributed by atoms with E-state index in [1.807, 2.05) is 11.5 Å². The Morgan fingerprint density at radius 3 is 2.55 bits per heavy atom. The van der Waals surface area contributed by atoms with Crippen LogP contribution in [0.3, 0.4) is 0 Å². The van der Waals surface area contributed by atoms with Gasteiger partial charge in [0.25, 0.3) is 5.91 Å². The molecule has 10 heteroatoms. The van der Waals surface area contributed by atoms with E-state index in [1.165, 1.54) is 11.8 Å². The zero-order valence-electron chi connectivity index (χ0n) is 19.4. The molecule has 180 valence electrons. The molecule has 0 saturated carbocycles. The van der Waals surface area contributed by atoms with Crippen LogP contribution in [-0.2, 0) is 19.4 Å². The van der Waals surface area contributed by atoms with Crippen molar-refractivity contribution in [2.75, 3.05) is 25.2 Å². The molecule has 1 aromatic heterocycles. The summed E-state index contributed by atoms with van der Waals surface area (Å²) in [6.07, 6.45) is -0.657. The molecule has 8 nitrogen and oxygen atoms in total. The molecule has 2 atom stereocenters. The van der Waals surface area contributed by atoms with Gasteiger partial charge in [0.2, 0.25) is 0 Å². The summed E-state index contributed by atoms with van der Waals surface area (Å²) in [4.78, 5) is 27.4. The zero-order valence-corrected chi connectivity index (χ0v) is 21.0. The Morgan fingerprint density at radius 2 is 1.97 bits per heavy atom. The highest BCUT2D eigenvalue weighted by atomic mass is 35.5. The first-order valence-electron chi connectivity index (χ1n) is 10.7. The van der Waals surface area contributed by atoms with E-state index in [9.17, 15) is 18.0 Å². The SMILES string of the molecule is CCN(C(=O)[C@H](C)OC(=O)c1cc(C)n(-c2cc(Cl)ccc2OC)c1C)[C@@H]1CCS(=O)(=O)C1. The summed E-state index contributed by atoms with van der Waals surface area (Å²) in [6.45, 7) is 7.25. The maximum Gasteiger partial charge on any atom is 0.340 e. The van der Waals surface area contributed by atoms with E-state index in [2.05, 4.69) is 0 Å². The third-order valence-corrected chi connectivity index (χ3v) is 7.92. The minimum atomic E-state index is -3.14. The number of aromatic nitrogens is 1. The molecule has 0 aliphatic carbocycles.